The number of carbonyl (C=O) groups excluding carboxylic acids is 2. The number of thiazole rings is 1. The molecule has 0 spiro atoms. The number of Topliss-reactive ketones (excluding diaryl/α,β-unsaturated/α-hetero) is 1. The molecule has 16 nitrogen and oxygen atoms in total. The first kappa shape index (κ1) is 29.8. The third-order valence-corrected chi connectivity index (χ3v) is 6.48. The first-order chi connectivity index (χ1) is 18.3. The van der Waals surface area contributed by atoms with Crippen molar-refractivity contribution in [1.82, 2.24) is 15.0 Å². The van der Waals surface area contributed by atoms with Crippen LogP contribution in [0.3, 0.4) is 0 Å². The Labute approximate surface area is 227 Å². The van der Waals surface area contributed by atoms with Gasteiger partial charge >= 0.3 is 10.4 Å². The number of hydroxylamine groups is 2. The van der Waals surface area contributed by atoms with Gasteiger partial charge in [-0.2, -0.15) is 13.5 Å². The van der Waals surface area contributed by atoms with Gasteiger partial charge in [0.25, 0.3) is 5.91 Å². The summed E-state index contributed by atoms with van der Waals surface area (Å²) in [6.07, 6.45) is 1.10. The molecule has 1 unspecified atom stereocenters. The topological polar surface area (TPSA) is 248 Å². The van der Waals surface area contributed by atoms with Crippen LogP contribution >= 0.6 is 11.3 Å². The van der Waals surface area contributed by atoms with Crippen LogP contribution < -0.4 is 21.9 Å². The lowest BCUT2D eigenvalue weighted by Gasteiger charge is -2.50. The Morgan fingerprint density at radius 3 is 2.59 bits per heavy atom. The van der Waals surface area contributed by atoms with Gasteiger partial charge in [-0.15, -0.1) is 15.6 Å². The standard InChI is InChI=1S/C21H28N8O8S2/c1-21(2)13(19(31)29(21)37-39(32,33)34)9-16(30)17(15-11-38-20(24)27-15)28-36-8-7-35-12-3-4-14(26-10-12)18(23)25-6-5-22/h3-4,10-11,13H,5-9,22H2,1-2H3,(H2,23,25)(H2,24,27)(H,32,33,34)/b28-17-. The normalized spacial score (nSPS) is 17.6. The van der Waals surface area contributed by atoms with Gasteiger partial charge in [0.2, 0.25) is 0 Å². The monoisotopic (exact) mass is 584 g/mol. The van der Waals surface area contributed by atoms with Crippen LogP contribution in [-0.4, -0.2) is 83.1 Å². The number of aliphatic imine (C=N–C) groups is 1. The third kappa shape index (κ3) is 7.67. The van der Waals surface area contributed by atoms with E-state index in [1.54, 1.807) is 12.1 Å². The zero-order valence-corrected chi connectivity index (χ0v) is 22.6. The van der Waals surface area contributed by atoms with E-state index >= 15 is 0 Å². The fraction of sp³-hybridized carbons (Fsp3) is 0.429. The van der Waals surface area contributed by atoms with Crippen LogP contribution in [0.5, 0.6) is 5.75 Å². The minimum Gasteiger partial charge on any atom is -0.488 e. The smallest absolute Gasteiger partial charge is 0.418 e. The van der Waals surface area contributed by atoms with E-state index in [0.29, 0.717) is 29.6 Å². The molecule has 1 aliphatic rings. The molecule has 1 amide bonds. The SMILES string of the molecule is CC1(C)C(CC(=O)/C(=N\OCCOc2ccc(C(N)=NCCN)nc2)c2csc(N)n2)C(=O)N1OS(=O)(=O)O. The number of rotatable bonds is 14. The van der Waals surface area contributed by atoms with Crippen molar-refractivity contribution in [3.8, 4) is 5.75 Å². The molecule has 0 aromatic carbocycles. The maximum absolute atomic E-state index is 13.1. The molecule has 18 heteroatoms. The van der Waals surface area contributed by atoms with Crippen molar-refractivity contribution in [3.05, 3.63) is 35.1 Å². The van der Waals surface area contributed by atoms with E-state index in [0.717, 1.165) is 11.3 Å². The number of oxime groups is 1. The predicted octanol–water partition coefficient (Wildman–Crippen LogP) is -0.485. The molecule has 39 heavy (non-hydrogen) atoms. The number of ketones is 1. The number of amides is 1. The van der Waals surface area contributed by atoms with E-state index in [4.69, 9.17) is 31.3 Å². The Morgan fingerprint density at radius 1 is 1.28 bits per heavy atom. The van der Waals surface area contributed by atoms with Crippen molar-refractivity contribution in [2.45, 2.75) is 25.8 Å². The number of nitrogen functional groups attached to an aromatic ring is 1. The van der Waals surface area contributed by atoms with Crippen LogP contribution in [0, 0.1) is 5.92 Å². The number of carbonyl (C=O) groups is 2. The van der Waals surface area contributed by atoms with Crippen LogP contribution in [0.2, 0.25) is 0 Å². The first-order valence-corrected chi connectivity index (χ1v) is 13.6. The summed E-state index contributed by atoms with van der Waals surface area (Å²) in [6.45, 7) is 3.71. The molecule has 3 rings (SSSR count). The molecule has 0 aliphatic carbocycles. The lowest BCUT2D eigenvalue weighted by Crippen LogP contribution is -2.68. The highest BCUT2D eigenvalue weighted by Gasteiger charge is 2.57. The van der Waals surface area contributed by atoms with Crippen LogP contribution in [0.25, 0.3) is 0 Å². The van der Waals surface area contributed by atoms with Crippen molar-refractivity contribution >= 4 is 50.1 Å². The molecular weight excluding hydrogens is 556 g/mol. The molecule has 1 atom stereocenters. The Balaban J connectivity index is 1.61. The summed E-state index contributed by atoms with van der Waals surface area (Å²) in [4.78, 5) is 43.1. The number of hydrogen-bond acceptors (Lipinski definition) is 14. The zero-order valence-electron chi connectivity index (χ0n) is 21.0. The van der Waals surface area contributed by atoms with Gasteiger partial charge in [-0.25, -0.2) is 9.97 Å². The summed E-state index contributed by atoms with van der Waals surface area (Å²) in [5.41, 5.74) is 16.1. The molecule has 7 N–H and O–H groups in total. The summed E-state index contributed by atoms with van der Waals surface area (Å²) in [7, 11) is -4.92. The molecule has 1 aliphatic heterocycles. The van der Waals surface area contributed by atoms with Gasteiger partial charge in [0.1, 0.15) is 29.6 Å². The molecule has 0 saturated carbocycles. The number of nitrogens with two attached hydrogens (primary N) is 3. The average molecular weight is 585 g/mol. The van der Waals surface area contributed by atoms with E-state index in [2.05, 4.69) is 24.4 Å². The largest absolute Gasteiger partial charge is 0.488 e. The lowest BCUT2D eigenvalue weighted by molar-refractivity contribution is -0.228. The van der Waals surface area contributed by atoms with Crippen LogP contribution in [0.1, 0.15) is 31.7 Å². The fourth-order valence-electron chi connectivity index (χ4n) is 3.48. The second kappa shape index (κ2) is 12.4. The molecule has 3 heterocycles. The second-order valence-electron chi connectivity index (χ2n) is 8.60. The summed E-state index contributed by atoms with van der Waals surface area (Å²) >= 11 is 1.08. The number of β-lactam (4-membered cyclic amide) rings is 1. The molecule has 1 saturated heterocycles. The Hall–Kier alpha value is -3.71. The van der Waals surface area contributed by atoms with Crippen molar-refractivity contribution in [3.63, 3.8) is 0 Å². The summed E-state index contributed by atoms with van der Waals surface area (Å²) in [5, 5.41) is 6.08. The van der Waals surface area contributed by atoms with Crippen molar-refractivity contribution in [2.24, 2.45) is 27.5 Å². The molecule has 0 bridgehead atoms. The van der Waals surface area contributed by atoms with E-state index < -0.39 is 33.5 Å². The van der Waals surface area contributed by atoms with Gasteiger partial charge in [-0.1, -0.05) is 5.16 Å². The Kier molecular flexibility index (Phi) is 9.51. The summed E-state index contributed by atoms with van der Waals surface area (Å²) in [5.74, 6) is -1.67. The van der Waals surface area contributed by atoms with Gasteiger partial charge in [-0.05, 0) is 26.0 Å². The van der Waals surface area contributed by atoms with E-state index in [1.807, 2.05) is 0 Å². The molecule has 2 aromatic rings. The Bertz CT molecular complexity index is 1360. The number of aromatic nitrogens is 2. The van der Waals surface area contributed by atoms with E-state index in [-0.39, 0.29) is 42.0 Å². The Morgan fingerprint density at radius 2 is 2.03 bits per heavy atom. The van der Waals surface area contributed by atoms with Gasteiger partial charge in [0, 0.05) is 18.3 Å². The molecule has 1 fully saturated rings. The molecular formula is C21H28N8O8S2. The number of nitrogens with zero attached hydrogens (tertiary/aromatic N) is 5. The van der Waals surface area contributed by atoms with E-state index in [9.17, 15) is 18.0 Å². The third-order valence-electron chi connectivity index (χ3n) is 5.47. The lowest BCUT2D eigenvalue weighted by atomic mass is 9.74. The molecule has 212 valence electrons. The quantitative estimate of drug-likeness (QED) is 0.0547. The van der Waals surface area contributed by atoms with Gasteiger partial charge < -0.3 is 26.8 Å². The second-order valence-corrected chi connectivity index (χ2v) is 10.5. The molecule has 0 radical (unpaired) electrons. The maximum Gasteiger partial charge on any atom is 0.418 e. The predicted molar refractivity (Wildman–Crippen MR) is 140 cm³/mol. The number of pyridine rings is 1. The summed E-state index contributed by atoms with van der Waals surface area (Å²) in [6, 6.07) is 3.29. The highest BCUT2D eigenvalue weighted by atomic mass is 32.3. The van der Waals surface area contributed by atoms with Crippen molar-refractivity contribution < 1.29 is 36.4 Å². The number of ether oxygens (including phenoxy) is 1. The van der Waals surface area contributed by atoms with E-state index in [1.165, 1.54) is 25.4 Å². The minimum absolute atomic E-state index is 0.0535. The van der Waals surface area contributed by atoms with Gasteiger partial charge in [0.05, 0.1) is 24.2 Å². The number of hydrogen-bond donors (Lipinski definition) is 4. The van der Waals surface area contributed by atoms with Crippen LogP contribution in [0.15, 0.2) is 33.9 Å². The fourth-order valence-corrected chi connectivity index (χ4v) is 4.48. The van der Waals surface area contributed by atoms with Crippen molar-refractivity contribution in [2.75, 3.05) is 32.0 Å². The molecule has 2 aromatic heterocycles. The minimum atomic E-state index is -4.92. The highest BCUT2D eigenvalue weighted by Crippen LogP contribution is 2.40. The first-order valence-electron chi connectivity index (χ1n) is 11.4. The van der Waals surface area contributed by atoms with Crippen LogP contribution in [0.4, 0.5) is 5.13 Å². The summed E-state index contributed by atoms with van der Waals surface area (Å²) < 4.78 is 40.8. The maximum atomic E-state index is 13.1. The number of anilines is 1. The zero-order chi connectivity index (χ0) is 28.8. The number of amidine groups is 1. The van der Waals surface area contributed by atoms with Crippen LogP contribution in [-0.2, 0) is 29.1 Å². The van der Waals surface area contributed by atoms with Crippen molar-refractivity contribution in [1.29, 1.82) is 0 Å². The van der Waals surface area contributed by atoms with Gasteiger partial charge in [-0.3, -0.25) is 19.1 Å². The van der Waals surface area contributed by atoms with Gasteiger partial charge in [0.15, 0.2) is 23.2 Å². The average Bonchev–Trinajstić information content (AvgIpc) is 3.31. The highest BCUT2D eigenvalue weighted by molar-refractivity contribution is 7.80.